The maximum Gasteiger partial charge on any atom is 0.220 e. The molecule has 0 heterocycles. The van der Waals surface area contributed by atoms with E-state index in [0.29, 0.717) is 19.4 Å². The van der Waals surface area contributed by atoms with E-state index < -0.39 is 0 Å². The normalized spacial score (nSPS) is 10.7. The van der Waals surface area contributed by atoms with E-state index >= 15 is 0 Å². The number of amides is 1. The van der Waals surface area contributed by atoms with Crippen LogP contribution in [0.15, 0.2) is 24.3 Å². The molecule has 0 bridgehead atoms. The zero-order valence-corrected chi connectivity index (χ0v) is 12.5. The van der Waals surface area contributed by atoms with Crippen LogP contribution in [0.5, 0.6) is 0 Å². The number of hydrogen-bond donors (Lipinski definition) is 1. The molecule has 19 heavy (non-hydrogen) atoms. The Hall–Kier alpha value is -1.06. The first-order valence-corrected chi connectivity index (χ1v) is 7.27. The molecule has 106 valence electrons. The van der Waals surface area contributed by atoms with Crippen molar-refractivity contribution in [2.75, 3.05) is 26.2 Å². The molecule has 0 saturated heterocycles. The van der Waals surface area contributed by atoms with Crippen molar-refractivity contribution in [3.8, 4) is 0 Å². The Morgan fingerprint density at radius 2 is 1.95 bits per heavy atom. The van der Waals surface area contributed by atoms with Gasteiger partial charge in [-0.3, -0.25) is 4.79 Å². The van der Waals surface area contributed by atoms with Gasteiger partial charge >= 0.3 is 0 Å². The van der Waals surface area contributed by atoms with Gasteiger partial charge in [-0.25, -0.2) is 0 Å². The maximum atomic E-state index is 11.7. The number of nitrogens with zero attached hydrogens (tertiary/aromatic N) is 1. The van der Waals surface area contributed by atoms with Crippen LogP contribution < -0.4 is 5.32 Å². The number of halogens is 1. The van der Waals surface area contributed by atoms with Crippen LogP contribution in [0.3, 0.4) is 0 Å². The summed E-state index contributed by atoms with van der Waals surface area (Å²) in [7, 11) is 0. The molecule has 1 aromatic carbocycles. The molecule has 0 unspecified atom stereocenters. The summed E-state index contributed by atoms with van der Waals surface area (Å²) in [6.45, 7) is 7.91. The quantitative estimate of drug-likeness (QED) is 0.795. The fourth-order valence-corrected chi connectivity index (χ4v) is 2.16. The van der Waals surface area contributed by atoms with Crippen molar-refractivity contribution in [2.24, 2.45) is 0 Å². The molecule has 1 N–H and O–H groups in total. The first-order valence-electron chi connectivity index (χ1n) is 6.89. The minimum absolute atomic E-state index is 0.0899. The van der Waals surface area contributed by atoms with Gasteiger partial charge in [-0.2, -0.15) is 0 Å². The monoisotopic (exact) mass is 282 g/mol. The van der Waals surface area contributed by atoms with Gasteiger partial charge in [0.05, 0.1) is 0 Å². The maximum absolute atomic E-state index is 11.7. The third-order valence-electron chi connectivity index (χ3n) is 3.22. The Morgan fingerprint density at radius 3 is 2.58 bits per heavy atom. The highest BCUT2D eigenvalue weighted by molar-refractivity contribution is 6.31. The third kappa shape index (κ3) is 6.08. The number of likely N-dealkylation sites (N-methyl/N-ethyl adjacent to an activating group) is 1. The van der Waals surface area contributed by atoms with Gasteiger partial charge in [0.1, 0.15) is 0 Å². The summed E-state index contributed by atoms with van der Waals surface area (Å²) in [5.74, 6) is 0.0899. The Balaban J connectivity index is 2.23. The highest BCUT2D eigenvalue weighted by Crippen LogP contribution is 2.16. The minimum Gasteiger partial charge on any atom is -0.355 e. The summed E-state index contributed by atoms with van der Waals surface area (Å²) >= 11 is 6.05. The van der Waals surface area contributed by atoms with Crippen LogP contribution >= 0.6 is 11.6 Å². The molecule has 0 aliphatic heterocycles. The van der Waals surface area contributed by atoms with Gasteiger partial charge in [-0.05, 0) is 31.1 Å². The highest BCUT2D eigenvalue weighted by Gasteiger charge is 2.05. The molecule has 1 aromatic rings. The summed E-state index contributed by atoms with van der Waals surface area (Å²) in [5.41, 5.74) is 1.03. The van der Waals surface area contributed by atoms with E-state index in [-0.39, 0.29) is 5.91 Å². The lowest BCUT2D eigenvalue weighted by Crippen LogP contribution is -2.34. The first-order chi connectivity index (χ1) is 9.17. The topological polar surface area (TPSA) is 32.3 Å². The Labute approximate surface area is 120 Å². The van der Waals surface area contributed by atoms with Crippen LogP contribution in [0, 0.1) is 0 Å². The van der Waals surface area contributed by atoms with Crippen molar-refractivity contribution in [3.63, 3.8) is 0 Å². The van der Waals surface area contributed by atoms with Gasteiger partial charge in [0.25, 0.3) is 0 Å². The van der Waals surface area contributed by atoms with Crippen LogP contribution in [0.1, 0.15) is 25.8 Å². The largest absolute Gasteiger partial charge is 0.355 e. The van der Waals surface area contributed by atoms with E-state index in [9.17, 15) is 4.79 Å². The molecule has 0 aromatic heterocycles. The van der Waals surface area contributed by atoms with Crippen molar-refractivity contribution in [1.82, 2.24) is 10.2 Å². The number of rotatable bonds is 8. The second kappa shape index (κ2) is 8.94. The molecule has 4 heteroatoms. The van der Waals surface area contributed by atoms with Gasteiger partial charge in [-0.15, -0.1) is 0 Å². The Kier molecular flexibility index (Phi) is 7.53. The minimum atomic E-state index is 0.0899. The number of nitrogens with one attached hydrogen (secondary N) is 1. The Morgan fingerprint density at radius 1 is 1.26 bits per heavy atom. The number of benzene rings is 1. The number of carbonyl (C=O) groups excluding carboxylic acids is 1. The molecule has 0 fully saturated rings. The SMILES string of the molecule is CCN(CC)CCNC(=O)CCc1ccccc1Cl. The Bertz CT molecular complexity index is 391. The molecule has 0 spiro atoms. The predicted octanol–water partition coefficient (Wildman–Crippen LogP) is 2.73. The van der Waals surface area contributed by atoms with Crippen molar-refractivity contribution < 1.29 is 4.79 Å². The van der Waals surface area contributed by atoms with Gasteiger partial charge in [-0.1, -0.05) is 43.6 Å². The van der Waals surface area contributed by atoms with Crippen LogP contribution in [0.25, 0.3) is 0 Å². The van der Waals surface area contributed by atoms with E-state index in [1.807, 2.05) is 24.3 Å². The van der Waals surface area contributed by atoms with Gasteiger partial charge in [0.2, 0.25) is 5.91 Å². The lowest BCUT2D eigenvalue weighted by atomic mass is 10.1. The summed E-state index contributed by atoms with van der Waals surface area (Å²) in [6, 6.07) is 7.66. The summed E-state index contributed by atoms with van der Waals surface area (Å²) < 4.78 is 0. The number of carbonyl (C=O) groups is 1. The average molecular weight is 283 g/mol. The zero-order valence-electron chi connectivity index (χ0n) is 11.8. The molecule has 0 saturated carbocycles. The van der Waals surface area contributed by atoms with Gasteiger partial charge < -0.3 is 10.2 Å². The van der Waals surface area contributed by atoms with E-state index in [4.69, 9.17) is 11.6 Å². The molecule has 0 aliphatic rings. The van der Waals surface area contributed by atoms with Gasteiger partial charge in [0, 0.05) is 24.5 Å². The molecule has 0 radical (unpaired) electrons. The van der Waals surface area contributed by atoms with Crippen molar-refractivity contribution >= 4 is 17.5 Å². The van der Waals surface area contributed by atoms with E-state index in [1.165, 1.54) is 0 Å². The van der Waals surface area contributed by atoms with Crippen molar-refractivity contribution in [1.29, 1.82) is 0 Å². The smallest absolute Gasteiger partial charge is 0.220 e. The second-order valence-electron chi connectivity index (χ2n) is 4.47. The van der Waals surface area contributed by atoms with E-state index in [0.717, 1.165) is 30.2 Å². The second-order valence-corrected chi connectivity index (χ2v) is 4.88. The zero-order chi connectivity index (χ0) is 14.1. The fraction of sp³-hybridized carbons (Fsp3) is 0.533. The summed E-state index contributed by atoms with van der Waals surface area (Å²) in [6.07, 6.45) is 1.18. The average Bonchev–Trinajstić information content (AvgIpc) is 2.43. The van der Waals surface area contributed by atoms with Crippen LogP contribution in [0.2, 0.25) is 5.02 Å². The lowest BCUT2D eigenvalue weighted by Gasteiger charge is -2.17. The van der Waals surface area contributed by atoms with Crippen LogP contribution in [-0.4, -0.2) is 37.0 Å². The predicted molar refractivity (Wildman–Crippen MR) is 80.6 cm³/mol. The molecular formula is C15H23ClN2O. The highest BCUT2D eigenvalue weighted by atomic mass is 35.5. The van der Waals surface area contributed by atoms with Crippen LogP contribution in [-0.2, 0) is 11.2 Å². The summed E-state index contributed by atoms with van der Waals surface area (Å²) in [4.78, 5) is 14.0. The standard InChI is InChI=1S/C15H23ClN2O/c1-3-18(4-2)12-11-17-15(19)10-9-13-7-5-6-8-14(13)16/h5-8H,3-4,9-12H2,1-2H3,(H,17,19). The van der Waals surface area contributed by atoms with Crippen molar-refractivity contribution in [3.05, 3.63) is 34.9 Å². The third-order valence-corrected chi connectivity index (χ3v) is 3.59. The summed E-state index contributed by atoms with van der Waals surface area (Å²) in [5, 5.41) is 3.68. The molecule has 3 nitrogen and oxygen atoms in total. The molecule has 1 amide bonds. The molecule has 0 aliphatic carbocycles. The fourth-order valence-electron chi connectivity index (χ4n) is 1.93. The molecule has 1 rings (SSSR count). The van der Waals surface area contributed by atoms with Crippen molar-refractivity contribution in [2.45, 2.75) is 26.7 Å². The van der Waals surface area contributed by atoms with Gasteiger partial charge in [0.15, 0.2) is 0 Å². The van der Waals surface area contributed by atoms with Crippen LogP contribution in [0.4, 0.5) is 0 Å². The lowest BCUT2D eigenvalue weighted by molar-refractivity contribution is -0.121. The van der Waals surface area contributed by atoms with E-state index in [1.54, 1.807) is 0 Å². The first kappa shape index (κ1) is 16.0. The molecule has 0 atom stereocenters. The number of aryl methyl sites for hydroxylation is 1. The van der Waals surface area contributed by atoms with E-state index in [2.05, 4.69) is 24.1 Å². The molecular weight excluding hydrogens is 260 g/mol. The number of hydrogen-bond acceptors (Lipinski definition) is 2.